The van der Waals surface area contributed by atoms with Gasteiger partial charge in [0.2, 0.25) is 5.91 Å². The Hall–Kier alpha value is -2.53. The summed E-state index contributed by atoms with van der Waals surface area (Å²) in [5, 5.41) is 11.7. The predicted octanol–water partition coefficient (Wildman–Crippen LogP) is 3.59. The number of benzene rings is 1. The largest absolute Gasteiger partial charge is 0.478 e. The molecular formula is C15H12ClNO4. The highest BCUT2D eigenvalue weighted by molar-refractivity contribution is 6.31. The highest BCUT2D eigenvalue weighted by atomic mass is 35.5. The summed E-state index contributed by atoms with van der Waals surface area (Å²) in [6, 6.07) is 7.63. The number of amides is 1. The number of hydrogen-bond acceptors (Lipinski definition) is 3. The van der Waals surface area contributed by atoms with Gasteiger partial charge >= 0.3 is 5.97 Å². The van der Waals surface area contributed by atoms with E-state index >= 15 is 0 Å². The summed E-state index contributed by atoms with van der Waals surface area (Å²) in [7, 11) is 0. The Bertz CT molecular complexity index is 718. The Balaban J connectivity index is 2.09. The molecule has 0 aliphatic carbocycles. The van der Waals surface area contributed by atoms with Gasteiger partial charge in [0.1, 0.15) is 11.5 Å². The second kappa shape index (κ2) is 6.28. The van der Waals surface area contributed by atoms with E-state index in [0.717, 1.165) is 5.76 Å². The maximum atomic E-state index is 11.8. The Morgan fingerprint density at radius 1 is 1.29 bits per heavy atom. The number of anilines is 1. The molecule has 0 bridgehead atoms. The fraction of sp³-hybridized carbons (Fsp3) is 0.0667. The number of carboxylic acids is 1. The lowest BCUT2D eigenvalue weighted by Crippen LogP contribution is -2.08. The molecule has 0 aliphatic rings. The Morgan fingerprint density at radius 3 is 2.67 bits per heavy atom. The Kier molecular flexibility index (Phi) is 4.45. The number of carbonyl (C=O) groups excluding carboxylic acids is 1. The van der Waals surface area contributed by atoms with Crippen molar-refractivity contribution in [3.05, 3.63) is 58.5 Å². The first-order chi connectivity index (χ1) is 9.94. The number of rotatable bonds is 4. The second-order valence-corrected chi connectivity index (χ2v) is 4.74. The summed E-state index contributed by atoms with van der Waals surface area (Å²) in [5.41, 5.74) is 0.314. The molecule has 5 nitrogen and oxygen atoms in total. The first kappa shape index (κ1) is 14.9. The van der Waals surface area contributed by atoms with Gasteiger partial charge < -0.3 is 14.8 Å². The van der Waals surface area contributed by atoms with Crippen molar-refractivity contribution in [3.63, 3.8) is 0 Å². The number of carbonyl (C=O) groups is 2. The van der Waals surface area contributed by atoms with Crippen molar-refractivity contribution in [3.8, 4) is 0 Å². The van der Waals surface area contributed by atoms with Crippen molar-refractivity contribution < 1.29 is 19.1 Å². The molecule has 108 valence electrons. The molecule has 2 rings (SSSR count). The van der Waals surface area contributed by atoms with Crippen molar-refractivity contribution in [2.24, 2.45) is 0 Å². The van der Waals surface area contributed by atoms with Crippen LogP contribution < -0.4 is 5.32 Å². The molecule has 2 aromatic rings. The summed E-state index contributed by atoms with van der Waals surface area (Å²) in [6.45, 7) is 1.80. The zero-order valence-corrected chi connectivity index (χ0v) is 11.8. The fourth-order valence-electron chi connectivity index (χ4n) is 1.67. The molecule has 2 N–H and O–H groups in total. The summed E-state index contributed by atoms with van der Waals surface area (Å²) < 4.78 is 5.29. The van der Waals surface area contributed by atoms with Crippen molar-refractivity contribution in [1.29, 1.82) is 0 Å². The van der Waals surface area contributed by atoms with Gasteiger partial charge in [-0.05, 0) is 43.3 Å². The molecule has 21 heavy (non-hydrogen) atoms. The van der Waals surface area contributed by atoms with E-state index in [4.69, 9.17) is 21.1 Å². The van der Waals surface area contributed by atoms with Gasteiger partial charge in [0.15, 0.2) is 0 Å². The SMILES string of the molecule is Cc1ccc(/C=C/C(=O)Nc2cc(Cl)cc(C(=O)O)c2)o1. The highest BCUT2D eigenvalue weighted by Crippen LogP contribution is 2.19. The minimum atomic E-state index is -1.12. The van der Waals surface area contributed by atoms with Crippen LogP contribution in [0.2, 0.25) is 5.02 Å². The lowest BCUT2D eigenvalue weighted by Gasteiger charge is -2.04. The quantitative estimate of drug-likeness (QED) is 0.846. The average molecular weight is 306 g/mol. The number of aromatic carboxylic acids is 1. The molecular weight excluding hydrogens is 294 g/mol. The topological polar surface area (TPSA) is 79.5 Å². The minimum Gasteiger partial charge on any atom is -0.478 e. The van der Waals surface area contributed by atoms with Gasteiger partial charge in [-0.1, -0.05) is 11.6 Å². The van der Waals surface area contributed by atoms with Crippen LogP contribution in [0, 0.1) is 6.92 Å². The lowest BCUT2D eigenvalue weighted by atomic mass is 10.2. The zero-order chi connectivity index (χ0) is 15.4. The van der Waals surface area contributed by atoms with E-state index < -0.39 is 11.9 Å². The third-order valence-electron chi connectivity index (χ3n) is 2.57. The predicted molar refractivity (Wildman–Crippen MR) is 79.5 cm³/mol. The van der Waals surface area contributed by atoms with Crippen LogP contribution in [0.5, 0.6) is 0 Å². The summed E-state index contributed by atoms with van der Waals surface area (Å²) in [4.78, 5) is 22.7. The molecule has 0 fully saturated rings. The number of aryl methyl sites for hydroxylation is 1. The fourth-order valence-corrected chi connectivity index (χ4v) is 1.91. The Labute approximate surface area is 125 Å². The number of furan rings is 1. The van der Waals surface area contributed by atoms with Gasteiger partial charge in [0.05, 0.1) is 5.56 Å². The average Bonchev–Trinajstić information content (AvgIpc) is 2.81. The summed E-state index contributed by atoms with van der Waals surface area (Å²) in [6.07, 6.45) is 2.81. The molecule has 1 heterocycles. The summed E-state index contributed by atoms with van der Waals surface area (Å²) >= 11 is 5.81. The standard InChI is InChI=1S/C15H12ClNO4/c1-9-2-3-13(21-9)4-5-14(18)17-12-7-10(15(19)20)6-11(16)8-12/h2-8H,1H3,(H,17,18)(H,19,20)/b5-4+. The highest BCUT2D eigenvalue weighted by Gasteiger charge is 2.07. The van der Waals surface area contributed by atoms with E-state index in [2.05, 4.69) is 5.32 Å². The van der Waals surface area contributed by atoms with Crippen LogP contribution in [0.1, 0.15) is 21.9 Å². The van der Waals surface area contributed by atoms with Gasteiger partial charge in [-0.2, -0.15) is 0 Å². The van der Waals surface area contributed by atoms with Crippen molar-refractivity contribution in [2.75, 3.05) is 5.32 Å². The van der Waals surface area contributed by atoms with E-state index in [-0.39, 0.29) is 10.6 Å². The molecule has 0 saturated heterocycles. The van der Waals surface area contributed by atoms with Crippen LogP contribution >= 0.6 is 11.6 Å². The molecule has 1 aromatic heterocycles. The summed E-state index contributed by atoms with van der Waals surface area (Å²) in [5.74, 6) is -0.228. The number of nitrogens with one attached hydrogen (secondary N) is 1. The zero-order valence-electron chi connectivity index (χ0n) is 11.1. The van der Waals surface area contributed by atoms with E-state index in [1.54, 1.807) is 19.1 Å². The molecule has 0 atom stereocenters. The Morgan fingerprint density at radius 2 is 2.05 bits per heavy atom. The van der Waals surface area contributed by atoms with Gasteiger partial charge in [-0.15, -0.1) is 0 Å². The van der Waals surface area contributed by atoms with Gasteiger partial charge in [-0.3, -0.25) is 4.79 Å². The maximum absolute atomic E-state index is 11.8. The van der Waals surface area contributed by atoms with Crippen LogP contribution in [-0.2, 0) is 4.79 Å². The van der Waals surface area contributed by atoms with E-state index in [9.17, 15) is 9.59 Å². The van der Waals surface area contributed by atoms with Gasteiger partial charge in [0, 0.05) is 16.8 Å². The number of halogens is 1. The van der Waals surface area contributed by atoms with E-state index in [1.165, 1.54) is 30.4 Å². The monoisotopic (exact) mass is 305 g/mol. The first-order valence-corrected chi connectivity index (χ1v) is 6.41. The van der Waals surface area contributed by atoms with Crippen LogP contribution in [0.4, 0.5) is 5.69 Å². The lowest BCUT2D eigenvalue weighted by molar-refractivity contribution is -0.111. The smallest absolute Gasteiger partial charge is 0.335 e. The van der Waals surface area contributed by atoms with Crippen LogP contribution in [0.3, 0.4) is 0 Å². The normalized spacial score (nSPS) is 10.8. The van der Waals surface area contributed by atoms with Crippen molar-refractivity contribution in [1.82, 2.24) is 0 Å². The van der Waals surface area contributed by atoms with Crippen molar-refractivity contribution >= 4 is 35.2 Å². The van der Waals surface area contributed by atoms with Crippen LogP contribution in [0.25, 0.3) is 6.08 Å². The van der Waals surface area contributed by atoms with E-state index in [0.29, 0.717) is 11.4 Å². The minimum absolute atomic E-state index is 0.00318. The molecule has 0 saturated carbocycles. The third kappa shape index (κ3) is 4.22. The van der Waals surface area contributed by atoms with Crippen LogP contribution in [0.15, 0.2) is 40.8 Å². The second-order valence-electron chi connectivity index (χ2n) is 4.30. The number of carboxylic acid groups (broad SMARTS) is 1. The maximum Gasteiger partial charge on any atom is 0.335 e. The molecule has 0 aliphatic heterocycles. The molecule has 1 aromatic carbocycles. The van der Waals surface area contributed by atoms with Crippen molar-refractivity contribution in [2.45, 2.75) is 6.92 Å². The molecule has 0 unspecified atom stereocenters. The van der Waals surface area contributed by atoms with E-state index in [1.807, 2.05) is 0 Å². The molecule has 6 heteroatoms. The van der Waals surface area contributed by atoms with Crippen LogP contribution in [-0.4, -0.2) is 17.0 Å². The molecule has 1 amide bonds. The first-order valence-electron chi connectivity index (χ1n) is 6.03. The molecule has 0 radical (unpaired) electrons. The van der Waals surface area contributed by atoms with Gasteiger partial charge in [-0.25, -0.2) is 4.79 Å². The third-order valence-corrected chi connectivity index (χ3v) is 2.79. The molecule has 0 spiro atoms. The number of hydrogen-bond donors (Lipinski definition) is 2. The van der Waals surface area contributed by atoms with Gasteiger partial charge in [0.25, 0.3) is 0 Å².